The monoisotopic (exact) mass is 343 g/mol. The van der Waals surface area contributed by atoms with Crippen molar-refractivity contribution in [3.05, 3.63) is 0 Å². The number of nitrogens with two attached hydrogens (primary N) is 1. The van der Waals surface area contributed by atoms with E-state index < -0.39 is 0 Å². The number of carbonyl (C=O) groups excluding carboxylic acids is 3. The number of fused-ring (bicyclic) bond motifs is 1. The van der Waals surface area contributed by atoms with Gasteiger partial charge >= 0.3 is 0 Å². The minimum Gasteiger partial charge on any atom is -0.354 e. The Kier molecular flexibility index (Phi) is 6.03. The van der Waals surface area contributed by atoms with Gasteiger partial charge < -0.3 is 11.1 Å². The van der Waals surface area contributed by atoms with Crippen molar-refractivity contribution >= 4 is 30.1 Å². The molecule has 0 aromatic carbocycles. The predicted molar refractivity (Wildman–Crippen MR) is 87.7 cm³/mol. The molecule has 1 aliphatic heterocycles. The minimum absolute atomic E-state index is 0. The summed E-state index contributed by atoms with van der Waals surface area (Å²) in [6.07, 6.45) is 6.14. The molecule has 7 heteroatoms. The van der Waals surface area contributed by atoms with E-state index in [0.717, 1.165) is 38.5 Å². The Hall–Kier alpha value is -1.14. The topological polar surface area (TPSA) is 92.5 Å². The van der Waals surface area contributed by atoms with Crippen molar-refractivity contribution < 1.29 is 14.4 Å². The van der Waals surface area contributed by atoms with Crippen LogP contribution in [0.1, 0.15) is 44.9 Å². The lowest BCUT2D eigenvalue weighted by Crippen LogP contribution is -2.40. The molecule has 6 nitrogen and oxygen atoms in total. The number of amides is 3. The second-order valence-corrected chi connectivity index (χ2v) is 6.88. The maximum absolute atomic E-state index is 12.3. The van der Waals surface area contributed by atoms with Crippen LogP contribution in [0.5, 0.6) is 0 Å². The number of imide groups is 1. The van der Waals surface area contributed by atoms with Crippen LogP contribution in [0.2, 0.25) is 0 Å². The highest BCUT2D eigenvalue weighted by atomic mass is 35.5. The molecule has 3 unspecified atom stereocenters. The summed E-state index contributed by atoms with van der Waals surface area (Å²) in [6, 6.07) is 0.0295. The Balaban J connectivity index is 0.00000192. The van der Waals surface area contributed by atoms with E-state index in [9.17, 15) is 14.4 Å². The fourth-order valence-electron chi connectivity index (χ4n) is 3.68. The predicted octanol–water partition coefficient (Wildman–Crippen LogP) is 0.827. The van der Waals surface area contributed by atoms with Crippen molar-refractivity contribution in [1.82, 2.24) is 10.2 Å². The van der Waals surface area contributed by atoms with E-state index in [4.69, 9.17) is 5.73 Å². The summed E-state index contributed by atoms with van der Waals surface area (Å²) >= 11 is 0. The zero-order chi connectivity index (χ0) is 15.7. The van der Waals surface area contributed by atoms with Gasteiger partial charge in [0.25, 0.3) is 0 Å². The largest absolute Gasteiger partial charge is 0.354 e. The van der Waals surface area contributed by atoms with E-state index in [2.05, 4.69) is 5.32 Å². The number of nitrogens with one attached hydrogen (secondary N) is 1. The number of hydrogen-bond donors (Lipinski definition) is 2. The van der Waals surface area contributed by atoms with Crippen LogP contribution in [0.4, 0.5) is 0 Å². The molecule has 2 saturated carbocycles. The molecule has 3 rings (SSSR count). The van der Waals surface area contributed by atoms with Gasteiger partial charge in [-0.15, -0.1) is 12.4 Å². The van der Waals surface area contributed by atoms with E-state index in [1.807, 2.05) is 0 Å². The number of halogens is 1. The Morgan fingerprint density at radius 1 is 1.13 bits per heavy atom. The number of rotatable bonds is 6. The molecule has 0 aromatic rings. The van der Waals surface area contributed by atoms with Gasteiger partial charge in [0.15, 0.2) is 0 Å². The zero-order valence-corrected chi connectivity index (χ0v) is 14.1. The molecule has 130 valence electrons. The molecule has 3 N–H and O–H groups in total. The van der Waals surface area contributed by atoms with Gasteiger partial charge in [0.1, 0.15) is 0 Å². The van der Waals surface area contributed by atoms with Gasteiger partial charge in [-0.3, -0.25) is 19.3 Å². The summed E-state index contributed by atoms with van der Waals surface area (Å²) < 4.78 is 0. The molecule has 0 radical (unpaired) electrons. The van der Waals surface area contributed by atoms with Crippen molar-refractivity contribution in [2.24, 2.45) is 23.5 Å². The Morgan fingerprint density at radius 3 is 2.22 bits per heavy atom. The third-order valence-corrected chi connectivity index (χ3v) is 5.26. The molecule has 0 aromatic heterocycles. The number of likely N-dealkylation sites (tertiary alicyclic amines) is 1. The quantitative estimate of drug-likeness (QED) is 0.698. The molecular formula is C16H26ClN3O3. The minimum atomic E-state index is -0.133. The van der Waals surface area contributed by atoms with Crippen LogP contribution in [0, 0.1) is 17.8 Å². The highest BCUT2D eigenvalue weighted by Gasteiger charge is 2.47. The van der Waals surface area contributed by atoms with E-state index in [0.29, 0.717) is 12.5 Å². The molecule has 3 aliphatic rings. The Bertz CT molecular complexity index is 457. The van der Waals surface area contributed by atoms with Crippen LogP contribution in [0.25, 0.3) is 0 Å². The molecular weight excluding hydrogens is 318 g/mol. The number of hydrogen-bond acceptors (Lipinski definition) is 4. The zero-order valence-electron chi connectivity index (χ0n) is 13.3. The van der Waals surface area contributed by atoms with Crippen LogP contribution in [-0.4, -0.2) is 41.8 Å². The second kappa shape index (κ2) is 7.62. The smallest absolute Gasteiger partial charge is 0.233 e. The highest BCUT2D eigenvalue weighted by molar-refractivity contribution is 6.05. The maximum atomic E-state index is 12.3. The Labute approximate surface area is 142 Å². The first-order valence-electron chi connectivity index (χ1n) is 8.45. The summed E-state index contributed by atoms with van der Waals surface area (Å²) in [6.45, 7) is 0.686. The van der Waals surface area contributed by atoms with Gasteiger partial charge in [-0.05, 0) is 31.6 Å². The van der Waals surface area contributed by atoms with Crippen LogP contribution in [0.15, 0.2) is 0 Å². The molecule has 2 aliphatic carbocycles. The summed E-state index contributed by atoms with van der Waals surface area (Å²) in [5.41, 5.74) is 5.94. The standard InChI is InChI=1S/C16H25N3O3.ClH/c17-13(10-5-6-10)9-18-14(20)7-8-19-15(21)11-3-1-2-4-12(11)16(19)22;/h10-13H,1-9,17H2,(H,18,20);1H. The molecule has 3 amide bonds. The first-order chi connectivity index (χ1) is 10.6. The summed E-state index contributed by atoms with van der Waals surface area (Å²) in [5.74, 6) is 0.00583. The fourth-order valence-corrected chi connectivity index (χ4v) is 3.68. The Morgan fingerprint density at radius 2 is 1.70 bits per heavy atom. The normalized spacial score (nSPS) is 28.1. The first-order valence-corrected chi connectivity index (χ1v) is 8.45. The third-order valence-electron chi connectivity index (χ3n) is 5.26. The summed E-state index contributed by atoms with van der Waals surface area (Å²) in [4.78, 5) is 37.7. The van der Waals surface area contributed by atoms with Crippen molar-refractivity contribution in [3.8, 4) is 0 Å². The van der Waals surface area contributed by atoms with E-state index >= 15 is 0 Å². The van der Waals surface area contributed by atoms with Gasteiger partial charge in [-0.2, -0.15) is 0 Å². The first kappa shape index (κ1) is 18.2. The molecule has 3 atom stereocenters. The molecule has 3 fully saturated rings. The molecule has 1 heterocycles. The van der Waals surface area contributed by atoms with E-state index in [-0.39, 0.29) is 61.0 Å². The lowest BCUT2D eigenvalue weighted by Gasteiger charge is -2.19. The lowest BCUT2D eigenvalue weighted by molar-refractivity contribution is -0.140. The van der Waals surface area contributed by atoms with Crippen LogP contribution in [0.3, 0.4) is 0 Å². The fraction of sp³-hybridized carbons (Fsp3) is 0.812. The number of nitrogens with zero attached hydrogens (tertiary/aromatic N) is 1. The average Bonchev–Trinajstić information content (AvgIpc) is 3.34. The van der Waals surface area contributed by atoms with Crippen molar-refractivity contribution in [2.45, 2.75) is 51.0 Å². The molecule has 0 bridgehead atoms. The molecule has 23 heavy (non-hydrogen) atoms. The van der Waals surface area contributed by atoms with Crippen LogP contribution < -0.4 is 11.1 Å². The number of carbonyl (C=O) groups is 3. The second-order valence-electron chi connectivity index (χ2n) is 6.88. The van der Waals surface area contributed by atoms with Crippen molar-refractivity contribution in [1.29, 1.82) is 0 Å². The highest BCUT2D eigenvalue weighted by Crippen LogP contribution is 2.38. The average molecular weight is 344 g/mol. The summed E-state index contributed by atoms with van der Waals surface area (Å²) in [7, 11) is 0. The van der Waals surface area contributed by atoms with Gasteiger partial charge in [0.2, 0.25) is 17.7 Å². The van der Waals surface area contributed by atoms with E-state index in [1.165, 1.54) is 4.90 Å². The van der Waals surface area contributed by atoms with Gasteiger partial charge in [-0.1, -0.05) is 12.8 Å². The molecule has 1 saturated heterocycles. The van der Waals surface area contributed by atoms with E-state index in [1.54, 1.807) is 0 Å². The summed E-state index contributed by atoms with van der Waals surface area (Å²) in [5, 5.41) is 2.81. The van der Waals surface area contributed by atoms with Crippen molar-refractivity contribution in [3.63, 3.8) is 0 Å². The lowest BCUT2D eigenvalue weighted by atomic mass is 9.81. The van der Waals surface area contributed by atoms with Gasteiger partial charge in [0, 0.05) is 25.6 Å². The third kappa shape index (κ3) is 4.04. The van der Waals surface area contributed by atoms with Crippen LogP contribution in [-0.2, 0) is 14.4 Å². The van der Waals surface area contributed by atoms with Gasteiger partial charge in [-0.25, -0.2) is 0 Å². The SMILES string of the molecule is Cl.NC(CNC(=O)CCN1C(=O)C2CCCCC2C1=O)C1CC1. The molecule has 0 spiro atoms. The maximum Gasteiger partial charge on any atom is 0.233 e. The van der Waals surface area contributed by atoms with Crippen molar-refractivity contribution in [2.75, 3.05) is 13.1 Å². The van der Waals surface area contributed by atoms with Gasteiger partial charge in [0.05, 0.1) is 11.8 Å². The van der Waals surface area contributed by atoms with Crippen LogP contribution >= 0.6 is 12.4 Å².